The van der Waals surface area contributed by atoms with Gasteiger partial charge in [0.15, 0.2) is 0 Å². The number of hydrogen-bond donors (Lipinski definition) is 0. The molecule has 19 heavy (non-hydrogen) atoms. The Morgan fingerprint density at radius 1 is 1.11 bits per heavy atom. The van der Waals surface area contributed by atoms with Crippen molar-refractivity contribution in [3.63, 3.8) is 0 Å². The van der Waals surface area contributed by atoms with Crippen LogP contribution in [0.5, 0.6) is 0 Å². The summed E-state index contributed by atoms with van der Waals surface area (Å²) in [5.41, 5.74) is 2.40. The minimum atomic E-state index is 0. The maximum atomic E-state index is 4.53. The Balaban J connectivity index is 0.00000180. The molecule has 0 aliphatic carbocycles. The molecule has 1 fully saturated rings. The first-order valence-electron chi connectivity index (χ1n) is 6.45. The Bertz CT molecular complexity index is 420. The summed E-state index contributed by atoms with van der Waals surface area (Å²) in [6, 6.07) is 10.3. The van der Waals surface area contributed by atoms with Crippen LogP contribution < -0.4 is 0 Å². The standard InChI is InChI=1S/C15H21N3.ClH/c1-14(12-15-6-4-3-5-7-15)13-16-18-10-8-17(2)9-11-18;/h3-7,12-13H,8-11H2,1-2H3;1H/b14-12+,16-13+;. The van der Waals surface area contributed by atoms with Crippen molar-refractivity contribution in [2.75, 3.05) is 33.2 Å². The lowest BCUT2D eigenvalue weighted by Gasteiger charge is -2.30. The number of nitrogens with zero attached hydrogens (tertiary/aromatic N) is 3. The van der Waals surface area contributed by atoms with Gasteiger partial charge in [0.05, 0.1) is 0 Å². The fourth-order valence-electron chi connectivity index (χ4n) is 1.93. The molecule has 1 aromatic rings. The van der Waals surface area contributed by atoms with Crippen LogP contribution in [0, 0.1) is 0 Å². The highest BCUT2D eigenvalue weighted by atomic mass is 35.5. The largest absolute Gasteiger partial charge is 0.303 e. The Kier molecular flexibility index (Phi) is 6.60. The topological polar surface area (TPSA) is 18.8 Å². The summed E-state index contributed by atoms with van der Waals surface area (Å²) in [4.78, 5) is 2.33. The molecule has 1 aromatic carbocycles. The van der Waals surface area contributed by atoms with Crippen LogP contribution in [0.25, 0.3) is 6.08 Å². The second kappa shape index (κ2) is 7.97. The number of likely N-dealkylation sites (N-methyl/N-ethyl adjacent to an activating group) is 1. The normalized spacial score (nSPS) is 17.6. The van der Waals surface area contributed by atoms with E-state index in [9.17, 15) is 0 Å². The summed E-state index contributed by atoms with van der Waals surface area (Å²) in [5.74, 6) is 0. The molecule has 2 rings (SSSR count). The van der Waals surface area contributed by atoms with E-state index in [4.69, 9.17) is 0 Å². The van der Waals surface area contributed by atoms with Gasteiger partial charge in [0.1, 0.15) is 0 Å². The van der Waals surface area contributed by atoms with Crippen LogP contribution in [0.4, 0.5) is 0 Å². The summed E-state index contributed by atoms with van der Waals surface area (Å²) in [5, 5.41) is 6.67. The average molecular weight is 280 g/mol. The molecule has 0 amide bonds. The van der Waals surface area contributed by atoms with Crippen molar-refractivity contribution in [3.05, 3.63) is 41.5 Å². The predicted molar refractivity (Wildman–Crippen MR) is 84.9 cm³/mol. The van der Waals surface area contributed by atoms with E-state index in [1.165, 1.54) is 11.1 Å². The van der Waals surface area contributed by atoms with E-state index in [2.05, 4.69) is 59.3 Å². The Morgan fingerprint density at radius 3 is 2.37 bits per heavy atom. The highest BCUT2D eigenvalue weighted by molar-refractivity contribution is 5.85. The van der Waals surface area contributed by atoms with Gasteiger partial charge in [0, 0.05) is 32.4 Å². The fraction of sp³-hybridized carbons (Fsp3) is 0.400. The third-order valence-corrected chi connectivity index (χ3v) is 3.10. The van der Waals surface area contributed by atoms with E-state index in [-0.39, 0.29) is 12.4 Å². The van der Waals surface area contributed by atoms with E-state index < -0.39 is 0 Å². The Hall–Kier alpha value is -1.32. The van der Waals surface area contributed by atoms with Gasteiger partial charge >= 0.3 is 0 Å². The molecule has 0 radical (unpaired) electrons. The lowest BCUT2D eigenvalue weighted by atomic mass is 10.1. The minimum absolute atomic E-state index is 0. The molecular weight excluding hydrogens is 258 g/mol. The third-order valence-electron chi connectivity index (χ3n) is 3.10. The van der Waals surface area contributed by atoms with Gasteiger partial charge in [-0.05, 0) is 25.1 Å². The van der Waals surface area contributed by atoms with Crippen molar-refractivity contribution in [1.82, 2.24) is 9.91 Å². The van der Waals surface area contributed by atoms with E-state index in [1.807, 2.05) is 12.3 Å². The SMILES string of the molecule is CC(/C=N/N1CCN(C)CC1)=C\c1ccccc1.Cl. The lowest BCUT2D eigenvalue weighted by Crippen LogP contribution is -2.41. The van der Waals surface area contributed by atoms with Crippen LogP contribution in [0.15, 0.2) is 41.0 Å². The highest BCUT2D eigenvalue weighted by Crippen LogP contribution is 2.05. The van der Waals surface area contributed by atoms with Gasteiger partial charge in [-0.25, -0.2) is 0 Å². The second-order valence-electron chi connectivity index (χ2n) is 4.80. The van der Waals surface area contributed by atoms with Crippen molar-refractivity contribution in [2.24, 2.45) is 5.10 Å². The minimum Gasteiger partial charge on any atom is -0.303 e. The van der Waals surface area contributed by atoms with Crippen LogP contribution in [0.3, 0.4) is 0 Å². The molecular formula is C15H22ClN3. The van der Waals surface area contributed by atoms with Crippen LogP contribution in [0.1, 0.15) is 12.5 Å². The molecule has 0 aromatic heterocycles. The first-order chi connectivity index (χ1) is 8.74. The van der Waals surface area contributed by atoms with Crippen molar-refractivity contribution in [1.29, 1.82) is 0 Å². The molecule has 0 unspecified atom stereocenters. The van der Waals surface area contributed by atoms with E-state index in [1.54, 1.807) is 0 Å². The molecule has 0 bridgehead atoms. The second-order valence-corrected chi connectivity index (χ2v) is 4.80. The van der Waals surface area contributed by atoms with Gasteiger partial charge in [0.2, 0.25) is 0 Å². The number of benzene rings is 1. The van der Waals surface area contributed by atoms with Gasteiger partial charge in [-0.15, -0.1) is 12.4 Å². The van der Waals surface area contributed by atoms with Gasteiger partial charge < -0.3 is 4.90 Å². The molecule has 0 spiro atoms. The zero-order chi connectivity index (χ0) is 12.8. The Morgan fingerprint density at radius 2 is 1.74 bits per heavy atom. The van der Waals surface area contributed by atoms with Crippen molar-refractivity contribution in [3.8, 4) is 0 Å². The molecule has 1 aliphatic heterocycles. The van der Waals surface area contributed by atoms with E-state index in [0.29, 0.717) is 0 Å². The smallest absolute Gasteiger partial charge is 0.0499 e. The van der Waals surface area contributed by atoms with Gasteiger partial charge in [0.25, 0.3) is 0 Å². The molecule has 3 nitrogen and oxygen atoms in total. The first kappa shape index (κ1) is 15.7. The number of hydrazone groups is 1. The van der Waals surface area contributed by atoms with E-state index in [0.717, 1.165) is 26.2 Å². The number of halogens is 1. The summed E-state index contributed by atoms with van der Waals surface area (Å²) in [6.45, 7) is 6.32. The number of piperazine rings is 1. The molecule has 0 saturated carbocycles. The van der Waals surface area contributed by atoms with E-state index >= 15 is 0 Å². The summed E-state index contributed by atoms with van der Waals surface area (Å²) < 4.78 is 0. The molecule has 104 valence electrons. The zero-order valence-corrected chi connectivity index (χ0v) is 12.4. The van der Waals surface area contributed by atoms with Crippen molar-refractivity contribution in [2.45, 2.75) is 6.92 Å². The summed E-state index contributed by atoms with van der Waals surface area (Å²) >= 11 is 0. The predicted octanol–water partition coefficient (Wildman–Crippen LogP) is 2.74. The summed E-state index contributed by atoms with van der Waals surface area (Å²) in [6.07, 6.45) is 4.11. The highest BCUT2D eigenvalue weighted by Gasteiger charge is 2.10. The first-order valence-corrected chi connectivity index (χ1v) is 6.45. The molecule has 0 atom stereocenters. The quantitative estimate of drug-likeness (QED) is 0.793. The maximum absolute atomic E-state index is 4.53. The number of allylic oxidation sites excluding steroid dienone is 1. The van der Waals surface area contributed by atoms with Crippen molar-refractivity contribution >= 4 is 24.7 Å². The zero-order valence-electron chi connectivity index (χ0n) is 11.6. The van der Waals surface area contributed by atoms with Gasteiger partial charge in [-0.1, -0.05) is 36.4 Å². The molecule has 1 aliphatic rings. The monoisotopic (exact) mass is 279 g/mol. The van der Waals surface area contributed by atoms with Gasteiger partial charge in [-0.2, -0.15) is 5.10 Å². The number of hydrogen-bond acceptors (Lipinski definition) is 3. The van der Waals surface area contributed by atoms with Crippen LogP contribution in [-0.2, 0) is 0 Å². The number of rotatable bonds is 3. The third kappa shape index (κ3) is 5.45. The Labute approximate surface area is 122 Å². The fourth-order valence-corrected chi connectivity index (χ4v) is 1.93. The van der Waals surface area contributed by atoms with Crippen LogP contribution in [-0.4, -0.2) is 49.4 Å². The molecule has 0 N–H and O–H groups in total. The molecule has 4 heteroatoms. The average Bonchev–Trinajstić information content (AvgIpc) is 2.39. The summed E-state index contributed by atoms with van der Waals surface area (Å²) in [7, 11) is 2.15. The lowest BCUT2D eigenvalue weighted by molar-refractivity contribution is 0.159. The maximum Gasteiger partial charge on any atom is 0.0499 e. The molecule has 1 saturated heterocycles. The van der Waals surface area contributed by atoms with Crippen LogP contribution in [0.2, 0.25) is 0 Å². The van der Waals surface area contributed by atoms with Crippen LogP contribution >= 0.6 is 12.4 Å². The molecule has 1 heterocycles. The van der Waals surface area contributed by atoms with Crippen molar-refractivity contribution < 1.29 is 0 Å². The van der Waals surface area contributed by atoms with Gasteiger partial charge in [-0.3, -0.25) is 5.01 Å².